The number of hydrogen-bond donors (Lipinski definition) is 0. The van der Waals surface area contributed by atoms with Gasteiger partial charge in [-0.05, 0) is 0 Å². The number of alkyl halides is 27. The third kappa shape index (κ3) is 5.78. The summed E-state index contributed by atoms with van der Waals surface area (Å²) in [5, 5.41) is -28.8. The summed E-state index contributed by atoms with van der Waals surface area (Å²) in [6.07, 6.45) is -25.4. The van der Waals surface area contributed by atoms with Crippen molar-refractivity contribution in [1.82, 2.24) is 0 Å². The van der Waals surface area contributed by atoms with Crippen LogP contribution in [0.5, 0.6) is 0 Å². The quantitative estimate of drug-likeness (QED) is 0.201. The molecule has 0 unspecified atom stereocenters. The standard InChI is InChI=1S/C13HF27O6S3/c14-2(15,8(26,27)28)5(20,21)11(35,36)47(41,42)1(48(43,44)12(37,38)6(22,23)3(16,17)9(29,30)31)49(45,46)13(39,40)7(24,25)4(18,19)10(32,33)34/h1H. The second-order valence-corrected chi connectivity index (χ2v) is 15.5. The topological polar surface area (TPSA) is 102 Å². The fourth-order valence-electron chi connectivity index (χ4n) is 2.48. The Balaban J connectivity index is 8.90. The molecule has 0 spiro atoms. The summed E-state index contributed by atoms with van der Waals surface area (Å²) >= 11 is 0. The lowest BCUT2D eigenvalue weighted by molar-refractivity contribution is -0.382. The van der Waals surface area contributed by atoms with Crippen LogP contribution in [-0.2, 0) is 29.5 Å². The minimum Gasteiger partial charge on any atom is -0.220 e. The molecular formula is C13HF27O6S3. The number of hydrogen-bond acceptors (Lipinski definition) is 6. The summed E-state index contributed by atoms with van der Waals surface area (Å²) in [6, 6.07) is 0. The van der Waals surface area contributed by atoms with E-state index in [-0.39, 0.29) is 0 Å². The SMILES string of the molecule is O=S(=O)(C(S(=O)(=O)C(F)(F)C(F)(F)C(F)(F)C(F)(F)F)S(=O)(=O)C(F)(F)C(F)(F)C(F)(F)C(F)(F)F)C(F)(F)C(F)(F)C(F)(F)C(F)(F)F. The van der Waals surface area contributed by atoms with Gasteiger partial charge in [0.2, 0.25) is 0 Å². The molecule has 0 aliphatic heterocycles. The molecule has 0 saturated heterocycles. The molecule has 296 valence electrons. The largest absolute Gasteiger partial charge is 0.460 e. The zero-order valence-corrected chi connectivity index (χ0v) is 22.9. The summed E-state index contributed by atoms with van der Waals surface area (Å²) in [5.74, 6) is -55.1. The smallest absolute Gasteiger partial charge is 0.220 e. The summed E-state index contributed by atoms with van der Waals surface area (Å²) in [5.41, 5.74) is 0. The molecular weight excluding hydrogens is 861 g/mol. The Morgan fingerprint density at radius 2 is 0.367 bits per heavy atom. The highest BCUT2D eigenvalue weighted by molar-refractivity contribution is 8.25. The summed E-state index contributed by atoms with van der Waals surface area (Å²) in [7, 11) is -32.4. The van der Waals surface area contributed by atoms with Gasteiger partial charge in [0, 0.05) is 0 Å². The van der Waals surface area contributed by atoms with E-state index in [0.717, 1.165) is 0 Å². The van der Waals surface area contributed by atoms with Gasteiger partial charge in [-0.1, -0.05) is 0 Å². The second kappa shape index (κ2) is 11.2. The van der Waals surface area contributed by atoms with Crippen LogP contribution >= 0.6 is 0 Å². The molecule has 0 aliphatic carbocycles. The summed E-state index contributed by atoms with van der Waals surface area (Å²) in [4.78, 5) is 0. The fraction of sp³-hybridized carbons (Fsp3) is 1.00. The Bertz CT molecular complexity index is 1400. The normalized spacial score (nSPS) is 17.1. The maximum absolute atomic E-state index is 14.2. The first-order valence-electron chi connectivity index (χ1n) is 9.67. The van der Waals surface area contributed by atoms with Crippen molar-refractivity contribution >= 4 is 29.5 Å². The third-order valence-electron chi connectivity index (χ3n) is 5.18. The number of rotatable bonds is 12. The van der Waals surface area contributed by atoms with E-state index in [9.17, 15) is 144 Å². The van der Waals surface area contributed by atoms with Crippen molar-refractivity contribution in [3.05, 3.63) is 0 Å². The van der Waals surface area contributed by atoms with Crippen molar-refractivity contribution in [2.45, 2.75) is 73.7 Å². The zero-order valence-electron chi connectivity index (χ0n) is 20.5. The van der Waals surface area contributed by atoms with E-state index < -0.39 is 103 Å². The molecule has 0 aromatic rings. The molecule has 0 saturated carbocycles. The van der Waals surface area contributed by atoms with Crippen molar-refractivity contribution in [2.75, 3.05) is 0 Å². The predicted octanol–water partition coefficient (Wildman–Crippen LogP) is 6.79. The Kier molecular flexibility index (Phi) is 10.8. The van der Waals surface area contributed by atoms with Crippen molar-refractivity contribution in [1.29, 1.82) is 0 Å². The molecule has 0 amide bonds. The zero-order chi connectivity index (χ0) is 41.1. The Labute approximate surface area is 247 Å². The van der Waals surface area contributed by atoms with Crippen LogP contribution in [0.3, 0.4) is 0 Å². The van der Waals surface area contributed by atoms with E-state index in [0.29, 0.717) is 0 Å². The Morgan fingerprint density at radius 3 is 0.469 bits per heavy atom. The van der Waals surface area contributed by atoms with Crippen LogP contribution in [0, 0.1) is 0 Å². The van der Waals surface area contributed by atoms with Crippen LogP contribution in [0.15, 0.2) is 0 Å². The molecule has 0 aromatic carbocycles. The van der Waals surface area contributed by atoms with Gasteiger partial charge < -0.3 is 0 Å². The molecule has 0 aliphatic rings. The van der Waals surface area contributed by atoms with Crippen LogP contribution in [0.2, 0.25) is 0 Å². The average Bonchev–Trinajstić information content (AvgIpc) is 2.80. The van der Waals surface area contributed by atoms with E-state index in [4.69, 9.17) is 0 Å². The van der Waals surface area contributed by atoms with Crippen LogP contribution in [0.4, 0.5) is 119 Å². The minimum atomic E-state index is -10.8. The molecule has 0 heterocycles. The first kappa shape index (κ1) is 47.0. The molecule has 49 heavy (non-hydrogen) atoms. The maximum atomic E-state index is 14.2. The molecule has 0 aromatic heterocycles. The van der Waals surface area contributed by atoms with Crippen LogP contribution in [0.1, 0.15) is 0 Å². The van der Waals surface area contributed by atoms with Crippen LogP contribution in [-0.4, -0.2) is 99.0 Å². The molecule has 0 rings (SSSR count). The summed E-state index contributed by atoms with van der Waals surface area (Å²) in [6.45, 7) is 0. The van der Waals surface area contributed by atoms with E-state index in [1.54, 1.807) is 0 Å². The lowest BCUT2D eigenvalue weighted by atomic mass is 10.1. The molecule has 0 atom stereocenters. The van der Waals surface area contributed by atoms with Gasteiger partial charge in [0.05, 0.1) is 0 Å². The maximum Gasteiger partial charge on any atom is 0.460 e. The van der Waals surface area contributed by atoms with E-state index in [2.05, 4.69) is 0 Å². The first-order chi connectivity index (χ1) is 20.4. The highest BCUT2D eigenvalue weighted by Gasteiger charge is 2.93. The predicted molar refractivity (Wildman–Crippen MR) is 93.2 cm³/mol. The molecule has 0 fully saturated rings. The van der Waals surface area contributed by atoms with Crippen LogP contribution < -0.4 is 0 Å². The van der Waals surface area contributed by atoms with E-state index >= 15 is 0 Å². The first-order valence-corrected chi connectivity index (χ1v) is 14.3. The van der Waals surface area contributed by atoms with Crippen molar-refractivity contribution < 1.29 is 144 Å². The molecule has 36 heteroatoms. The molecule has 0 radical (unpaired) electrons. The van der Waals surface area contributed by atoms with Crippen molar-refractivity contribution in [2.24, 2.45) is 0 Å². The van der Waals surface area contributed by atoms with Gasteiger partial charge in [-0.25, -0.2) is 25.3 Å². The van der Waals surface area contributed by atoms with Crippen molar-refractivity contribution in [3.63, 3.8) is 0 Å². The minimum absolute atomic E-state index is 8.46. The Morgan fingerprint density at radius 1 is 0.245 bits per heavy atom. The third-order valence-corrected chi connectivity index (χ3v) is 14.2. The van der Waals surface area contributed by atoms with E-state index in [1.165, 1.54) is 0 Å². The molecule has 6 nitrogen and oxygen atoms in total. The van der Waals surface area contributed by atoms with E-state index in [1.807, 2.05) is 0 Å². The Hall–Kier alpha value is -2.04. The average molecular weight is 862 g/mol. The summed E-state index contributed by atoms with van der Waals surface area (Å²) < 4.78 is 419. The fourth-order valence-corrected chi connectivity index (χ4v) is 10.8. The monoisotopic (exact) mass is 862 g/mol. The number of sulfone groups is 3. The molecule has 0 N–H and O–H groups in total. The number of halogens is 27. The van der Waals surface area contributed by atoms with Gasteiger partial charge in [-0.3, -0.25) is 0 Å². The van der Waals surface area contributed by atoms with Gasteiger partial charge in [-0.15, -0.1) is 0 Å². The van der Waals surface area contributed by atoms with Crippen LogP contribution in [0.25, 0.3) is 0 Å². The lowest BCUT2D eigenvalue weighted by Crippen LogP contribution is -2.71. The molecule has 0 bridgehead atoms. The van der Waals surface area contributed by atoms with Gasteiger partial charge >= 0.3 is 69.8 Å². The van der Waals surface area contributed by atoms with Gasteiger partial charge in [0.15, 0.2) is 0 Å². The van der Waals surface area contributed by atoms with Gasteiger partial charge in [0.1, 0.15) is 0 Å². The lowest BCUT2D eigenvalue weighted by Gasteiger charge is -2.39. The van der Waals surface area contributed by atoms with Crippen molar-refractivity contribution in [3.8, 4) is 0 Å². The highest BCUT2D eigenvalue weighted by Crippen LogP contribution is 2.62. The highest BCUT2D eigenvalue weighted by atomic mass is 32.3. The van der Waals surface area contributed by atoms with Gasteiger partial charge in [-0.2, -0.15) is 119 Å². The van der Waals surface area contributed by atoms with Gasteiger partial charge in [0.25, 0.3) is 33.4 Å². The second-order valence-electron chi connectivity index (χ2n) is 8.41.